The third-order valence-corrected chi connectivity index (χ3v) is 2.07. The third-order valence-electron chi connectivity index (χ3n) is 2.07. The Morgan fingerprint density at radius 1 is 1.53 bits per heavy atom. The third kappa shape index (κ3) is 8.38. The number of carbonyl (C=O) groups is 1. The molecule has 0 bridgehead atoms. The van der Waals surface area contributed by atoms with Crippen molar-refractivity contribution in [2.45, 2.75) is 26.3 Å². The van der Waals surface area contributed by atoms with Crippen LogP contribution in [0.15, 0.2) is 9.98 Å². The second-order valence-corrected chi connectivity index (χ2v) is 3.54. The summed E-state index contributed by atoms with van der Waals surface area (Å²) in [6, 6.07) is -0.412. The summed E-state index contributed by atoms with van der Waals surface area (Å²) >= 11 is 0. The minimum atomic E-state index is -0.412. The molecule has 17 heavy (non-hydrogen) atoms. The number of methoxy groups -OCH3 is 1. The molecule has 0 aromatic rings. The lowest BCUT2D eigenvalue weighted by Crippen LogP contribution is -2.28. The number of rotatable bonds is 7. The number of ether oxygens (including phenoxy) is 1. The standard InChI is InChI=1S/C11H22N4O2/c1-9(11(16)12-3)14-8-15-10(2)13-6-5-7-17-4/h8-9H,5-7H2,1-4H3,(H,12,16)(H,13,14,15). The highest BCUT2D eigenvalue weighted by Gasteiger charge is 2.06. The fourth-order valence-electron chi connectivity index (χ4n) is 1.03. The normalized spacial score (nSPS) is 13.8. The van der Waals surface area contributed by atoms with Crippen LogP contribution in [0.2, 0.25) is 0 Å². The van der Waals surface area contributed by atoms with Crippen LogP contribution in [0, 0.1) is 0 Å². The molecule has 6 nitrogen and oxygen atoms in total. The van der Waals surface area contributed by atoms with Gasteiger partial charge in [-0.05, 0) is 20.3 Å². The molecule has 0 radical (unpaired) electrons. The Morgan fingerprint density at radius 3 is 2.82 bits per heavy atom. The molecule has 0 aromatic carbocycles. The molecule has 0 aliphatic carbocycles. The van der Waals surface area contributed by atoms with Crippen LogP contribution in [-0.2, 0) is 9.53 Å². The molecular weight excluding hydrogens is 220 g/mol. The summed E-state index contributed by atoms with van der Waals surface area (Å²) in [5, 5.41) is 5.63. The average molecular weight is 242 g/mol. The molecule has 0 saturated carbocycles. The van der Waals surface area contributed by atoms with Gasteiger partial charge in [0, 0.05) is 27.3 Å². The number of nitrogens with zero attached hydrogens (tertiary/aromatic N) is 2. The van der Waals surface area contributed by atoms with Crippen molar-refractivity contribution in [2.24, 2.45) is 9.98 Å². The van der Waals surface area contributed by atoms with Crippen molar-refractivity contribution in [2.75, 3.05) is 27.3 Å². The van der Waals surface area contributed by atoms with E-state index in [0.29, 0.717) is 0 Å². The van der Waals surface area contributed by atoms with Gasteiger partial charge in [-0.25, -0.2) is 4.99 Å². The van der Waals surface area contributed by atoms with Gasteiger partial charge < -0.3 is 15.4 Å². The summed E-state index contributed by atoms with van der Waals surface area (Å²) in [6.07, 6.45) is 2.33. The van der Waals surface area contributed by atoms with Crippen molar-refractivity contribution >= 4 is 18.1 Å². The highest BCUT2D eigenvalue weighted by Crippen LogP contribution is 1.87. The minimum Gasteiger partial charge on any atom is -0.385 e. The van der Waals surface area contributed by atoms with Crippen molar-refractivity contribution in [1.82, 2.24) is 10.6 Å². The predicted octanol–water partition coefficient (Wildman–Crippen LogP) is 0.194. The highest BCUT2D eigenvalue weighted by atomic mass is 16.5. The van der Waals surface area contributed by atoms with E-state index in [4.69, 9.17) is 4.74 Å². The maximum Gasteiger partial charge on any atom is 0.244 e. The SMILES string of the molecule is CNC(=O)C(C)/N=C\N=C(/C)NCCCOC. The molecule has 98 valence electrons. The van der Waals surface area contributed by atoms with Crippen LogP contribution in [0.25, 0.3) is 0 Å². The smallest absolute Gasteiger partial charge is 0.244 e. The largest absolute Gasteiger partial charge is 0.385 e. The quantitative estimate of drug-likeness (QED) is 0.380. The molecule has 2 N–H and O–H groups in total. The fraction of sp³-hybridized carbons (Fsp3) is 0.727. The van der Waals surface area contributed by atoms with E-state index in [0.717, 1.165) is 25.4 Å². The summed E-state index contributed by atoms with van der Waals surface area (Å²) < 4.78 is 4.92. The molecule has 0 saturated heterocycles. The van der Waals surface area contributed by atoms with E-state index >= 15 is 0 Å². The first kappa shape index (κ1) is 15.6. The van der Waals surface area contributed by atoms with Crippen molar-refractivity contribution < 1.29 is 9.53 Å². The highest BCUT2D eigenvalue weighted by molar-refractivity contribution is 5.88. The van der Waals surface area contributed by atoms with E-state index in [1.54, 1.807) is 21.1 Å². The van der Waals surface area contributed by atoms with Crippen molar-refractivity contribution in [3.8, 4) is 0 Å². The molecule has 6 heteroatoms. The number of carbonyl (C=O) groups excluding carboxylic acids is 1. The Hall–Kier alpha value is -1.43. The van der Waals surface area contributed by atoms with Gasteiger partial charge >= 0.3 is 0 Å². The van der Waals surface area contributed by atoms with Crippen molar-refractivity contribution in [1.29, 1.82) is 0 Å². The zero-order valence-corrected chi connectivity index (χ0v) is 11.0. The van der Waals surface area contributed by atoms with Gasteiger partial charge in [-0.2, -0.15) is 0 Å². The van der Waals surface area contributed by atoms with Crippen molar-refractivity contribution in [3.63, 3.8) is 0 Å². The molecule has 0 aliphatic rings. The molecule has 0 heterocycles. The van der Waals surface area contributed by atoms with Gasteiger partial charge in [0.1, 0.15) is 18.2 Å². The van der Waals surface area contributed by atoms with Crippen LogP contribution in [0.3, 0.4) is 0 Å². The van der Waals surface area contributed by atoms with Gasteiger partial charge in [0.25, 0.3) is 0 Å². The van der Waals surface area contributed by atoms with Crippen LogP contribution in [0.5, 0.6) is 0 Å². The molecule has 1 atom stereocenters. The van der Waals surface area contributed by atoms with Gasteiger partial charge in [-0.1, -0.05) is 0 Å². The summed E-state index contributed by atoms with van der Waals surface area (Å²) in [6.45, 7) is 5.10. The molecule has 0 fully saturated rings. The Labute approximate surface area is 103 Å². The van der Waals surface area contributed by atoms with Crippen LogP contribution in [0.1, 0.15) is 20.3 Å². The number of amidine groups is 1. The second-order valence-electron chi connectivity index (χ2n) is 3.54. The molecule has 0 rings (SSSR count). The number of hydrogen-bond donors (Lipinski definition) is 2. The number of nitrogens with one attached hydrogen (secondary N) is 2. The first-order valence-corrected chi connectivity index (χ1v) is 5.62. The number of hydrogen-bond acceptors (Lipinski definition) is 3. The maximum atomic E-state index is 11.1. The average Bonchev–Trinajstić information content (AvgIpc) is 2.33. The Kier molecular flexibility index (Phi) is 8.95. The molecule has 0 aromatic heterocycles. The Balaban J connectivity index is 3.88. The molecular formula is C11H22N4O2. The Morgan fingerprint density at radius 2 is 2.24 bits per heavy atom. The lowest BCUT2D eigenvalue weighted by atomic mass is 10.3. The summed E-state index contributed by atoms with van der Waals surface area (Å²) in [5.74, 6) is 0.649. The van der Waals surface area contributed by atoms with Gasteiger partial charge in [0.05, 0.1) is 0 Å². The van der Waals surface area contributed by atoms with Gasteiger partial charge in [0.2, 0.25) is 5.91 Å². The monoisotopic (exact) mass is 242 g/mol. The number of amides is 1. The zero-order valence-electron chi connectivity index (χ0n) is 11.0. The van der Waals surface area contributed by atoms with E-state index in [1.807, 2.05) is 6.92 Å². The van der Waals surface area contributed by atoms with E-state index in [9.17, 15) is 4.79 Å². The van der Waals surface area contributed by atoms with Gasteiger partial charge in [-0.15, -0.1) is 0 Å². The minimum absolute atomic E-state index is 0.123. The lowest BCUT2D eigenvalue weighted by Gasteiger charge is -2.04. The predicted molar refractivity (Wildman–Crippen MR) is 69.6 cm³/mol. The first-order valence-electron chi connectivity index (χ1n) is 5.62. The molecule has 1 amide bonds. The fourth-order valence-corrected chi connectivity index (χ4v) is 1.03. The summed E-state index contributed by atoms with van der Waals surface area (Å²) in [7, 11) is 3.26. The first-order chi connectivity index (χ1) is 8.11. The lowest BCUT2D eigenvalue weighted by molar-refractivity contribution is -0.121. The zero-order chi connectivity index (χ0) is 13.1. The van der Waals surface area contributed by atoms with E-state index in [2.05, 4.69) is 20.6 Å². The molecule has 1 unspecified atom stereocenters. The number of likely N-dealkylation sites (N-methyl/N-ethyl adjacent to an activating group) is 1. The summed E-state index contributed by atoms with van der Waals surface area (Å²) in [4.78, 5) is 19.2. The van der Waals surface area contributed by atoms with E-state index in [-0.39, 0.29) is 5.91 Å². The van der Waals surface area contributed by atoms with Crippen molar-refractivity contribution in [3.05, 3.63) is 0 Å². The topological polar surface area (TPSA) is 75.1 Å². The van der Waals surface area contributed by atoms with E-state index in [1.165, 1.54) is 6.34 Å². The van der Waals surface area contributed by atoms with Crippen LogP contribution in [0.4, 0.5) is 0 Å². The molecule has 0 spiro atoms. The van der Waals surface area contributed by atoms with Crippen LogP contribution in [-0.4, -0.2) is 51.4 Å². The number of aliphatic imine (C=N–C) groups is 2. The van der Waals surface area contributed by atoms with Crippen LogP contribution < -0.4 is 10.6 Å². The van der Waals surface area contributed by atoms with Gasteiger partial charge in [0.15, 0.2) is 0 Å². The van der Waals surface area contributed by atoms with E-state index < -0.39 is 6.04 Å². The summed E-state index contributed by atoms with van der Waals surface area (Å²) in [5.41, 5.74) is 0. The second kappa shape index (κ2) is 9.77. The maximum absolute atomic E-state index is 11.1. The van der Waals surface area contributed by atoms with Crippen LogP contribution >= 0.6 is 0 Å². The van der Waals surface area contributed by atoms with Gasteiger partial charge in [-0.3, -0.25) is 9.79 Å². The Bertz CT molecular complexity index is 277. The molecule has 0 aliphatic heterocycles.